The van der Waals surface area contributed by atoms with Gasteiger partial charge in [-0.25, -0.2) is 9.37 Å². The molecule has 0 aliphatic carbocycles. The molecule has 6 heteroatoms. The van der Waals surface area contributed by atoms with Crippen molar-refractivity contribution in [3.8, 4) is 0 Å². The van der Waals surface area contributed by atoms with Gasteiger partial charge in [-0.2, -0.15) is 0 Å². The van der Waals surface area contributed by atoms with E-state index in [-0.39, 0.29) is 11.7 Å². The number of piperazine rings is 1. The summed E-state index contributed by atoms with van der Waals surface area (Å²) in [5.41, 5.74) is 0.804. The molecule has 0 atom stereocenters. The smallest absolute Gasteiger partial charge is 0.246 e. The molecule has 1 aliphatic rings. The van der Waals surface area contributed by atoms with E-state index >= 15 is 0 Å². The largest absolute Gasteiger partial charge is 0.352 e. The minimum Gasteiger partial charge on any atom is -0.352 e. The third-order valence-electron chi connectivity index (χ3n) is 3.75. The van der Waals surface area contributed by atoms with Gasteiger partial charge in [-0.15, -0.1) is 0 Å². The minimum atomic E-state index is -0.284. The van der Waals surface area contributed by atoms with Gasteiger partial charge in [-0.3, -0.25) is 9.78 Å². The molecular weight excluding hydrogens is 295 g/mol. The molecule has 1 saturated heterocycles. The average Bonchev–Trinajstić information content (AvgIpc) is 2.62. The van der Waals surface area contributed by atoms with Crippen LogP contribution in [0.1, 0.15) is 5.56 Å². The van der Waals surface area contributed by atoms with Crippen LogP contribution < -0.4 is 4.90 Å². The second-order valence-corrected chi connectivity index (χ2v) is 5.26. The van der Waals surface area contributed by atoms with Gasteiger partial charge in [0.25, 0.3) is 0 Å². The lowest BCUT2D eigenvalue weighted by Gasteiger charge is -2.34. The summed E-state index contributed by atoms with van der Waals surface area (Å²) in [5.74, 6) is 0.517. The Morgan fingerprint density at radius 1 is 1.09 bits per heavy atom. The van der Waals surface area contributed by atoms with Crippen LogP contribution in [0.4, 0.5) is 10.2 Å². The standard InChI is InChI=1S/C17H17FN4O/c18-15-4-1-14(2-5-15)3-6-17(23)22-11-9-21(10-12-22)16-13-19-7-8-20-16/h1-8,13H,9-12H2/b6-3+. The van der Waals surface area contributed by atoms with Gasteiger partial charge in [0.2, 0.25) is 5.91 Å². The van der Waals surface area contributed by atoms with Crippen molar-refractivity contribution in [2.45, 2.75) is 0 Å². The summed E-state index contributed by atoms with van der Waals surface area (Å²) in [6.45, 7) is 2.75. The van der Waals surface area contributed by atoms with Gasteiger partial charge >= 0.3 is 0 Å². The first kappa shape index (κ1) is 15.1. The van der Waals surface area contributed by atoms with Crippen molar-refractivity contribution in [1.29, 1.82) is 0 Å². The molecule has 0 unspecified atom stereocenters. The zero-order chi connectivity index (χ0) is 16.1. The highest BCUT2D eigenvalue weighted by atomic mass is 19.1. The van der Waals surface area contributed by atoms with Crippen molar-refractivity contribution in [3.63, 3.8) is 0 Å². The lowest BCUT2D eigenvalue weighted by Crippen LogP contribution is -2.48. The van der Waals surface area contributed by atoms with Crippen LogP contribution in [0.25, 0.3) is 6.08 Å². The summed E-state index contributed by atoms with van der Waals surface area (Å²) in [7, 11) is 0. The lowest BCUT2D eigenvalue weighted by atomic mass is 10.2. The van der Waals surface area contributed by atoms with Crippen LogP contribution in [-0.2, 0) is 4.79 Å². The highest BCUT2D eigenvalue weighted by molar-refractivity contribution is 5.91. The first-order chi connectivity index (χ1) is 11.2. The number of halogens is 1. The van der Waals surface area contributed by atoms with E-state index in [1.807, 2.05) is 0 Å². The fourth-order valence-electron chi connectivity index (χ4n) is 2.46. The number of anilines is 1. The number of hydrogen-bond donors (Lipinski definition) is 0. The van der Waals surface area contributed by atoms with Crippen molar-refractivity contribution < 1.29 is 9.18 Å². The predicted molar refractivity (Wildman–Crippen MR) is 86.3 cm³/mol. The molecule has 0 saturated carbocycles. The number of aromatic nitrogens is 2. The van der Waals surface area contributed by atoms with E-state index < -0.39 is 0 Å². The highest BCUT2D eigenvalue weighted by Crippen LogP contribution is 2.12. The number of benzene rings is 1. The summed E-state index contributed by atoms with van der Waals surface area (Å²) in [6.07, 6.45) is 8.27. The zero-order valence-corrected chi connectivity index (χ0v) is 12.6. The maximum absolute atomic E-state index is 12.8. The van der Waals surface area contributed by atoms with Crippen LogP contribution in [0.5, 0.6) is 0 Å². The number of carbonyl (C=O) groups is 1. The number of rotatable bonds is 3. The third kappa shape index (κ3) is 3.91. The molecule has 23 heavy (non-hydrogen) atoms. The van der Waals surface area contributed by atoms with Gasteiger partial charge in [0.05, 0.1) is 6.20 Å². The molecule has 118 valence electrons. The summed E-state index contributed by atoms with van der Waals surface area (Å²) in [4.78, 5) is 24.4. The molecule has 5 nitrogen and oxygen atoms in total. The molecular formula is C17H17FN4O. The molecule has 0 spiro atoms. The van der Waals surface area contributed by atoms with Gasteiger partial charge in [0, 0.05) is 44.6 Å². The summed E-state index contributed by atoms with van der Waals surface area (Å²) in [5, 5.41) is 0. The fourth-order valence-corrected chi connectivity index (χ4v) is 2.46. The number of hydrogen-bond acceptors (Lipinski definition) is 4. The topological polar surface area (TPSA) is 49.3 Å². The molecule has 1 amide bonds. The monoisotopic (exact) mass is 312 g/mol. The van der Waals surface area contributed by atoms with Crippen LogP contribution in [0.2, 0.25) is 0 Å². The SMILES string of the molecule is O=C(/C=C/c1ccc(F)cc1)N1CCN(c2cnccn2)CC1. The molecule has 0 N–H and O–H groups in total. The molecule has 1 aliphatic heterocycles. The number of amides is 1. The lowest BCUT2D eigenvalue weighted by molar-refractivity contribution is -0.126. The van der Waals surface area contributed by atoms with Crippen molar-refractivity contribution in [3.05, 3.63) is 60.3 Å². The molecule has 0 radical (unpaired) electrons. The Morgan fingerprint density at radius 2 is 1.83 bits per heavy atom. The Bertz CT molecular complexity index is 679. The van der Waals surface area contributed by atoms with Crippen LogP contribution in [-0.4, -0.2) is 47.0 Å². The molecule has 0 bridgehead atoms. The second kappa shape index (κ2) is 7.00. The minimum absolute atomic E-state index is 0.0341. The maximum Gasteiger partial charge on any atom is 0.246 e. The number of carbonyl (C=O) groups excluding carboxylic acids is 1. The van der Waals surface area contributed by atoms with Crippen molar-refractivity contribution in [2.24, 2.45) is 0 Å². The van der Waals surface area contributed by atoms with E-state index in [0.29, 0.717) is 13.1 Å². The predicted octanol–water partition coefficient (Wildman–Crippen LogP) is 1.98. The Labute approximate surface area is 134 Å². The van der Waals surface area contributed by atoms with Crippen LogP contribution in [0.3, 0.4) is 0 Å². The van der Waals surface area contributed by atoms with Gasteiger partial charge in [-0.05, 0) is 23.8 Å². The molecule has 2 aromatic rings. The van der Waals surface area contributed by atoms with Gasteiger partial charge in [0.15, 0.2) is 0 Å². The van der Waals surface area contributed by atoms with Gasteiger partial charge in [-0.1, -0.05) is 12.1 Å². The highest BCUT2D eigenvalue weighted by Gasteiger charge is 2.20. The molecule has 1 aromatic carbocycles. The van der Waals surface area contributed by atoms with E-state index in [9.17, 15) is 9.18 Å². The second-order valence-electron chi connectivity index (χ2n) is 5.26. The van der Waals surface area contributed by atoms with Crippen LogP contribution in [0, 0.1) is 5.82 Å². The first-order valence-electron chi connectivity index (χ1n) is 7.46. The normalized spacial score (nSPS) is 15.2. The molecule has 1 fully saturated rings. The Morgan fingerprint density at radius 3 is 2.48 bits per heavy atom. The average molecular weight is 312 g/mol. The number of nitrogens with zero attached hydrogens (tertiary/aromatic N) is 4. The maximum atomic E-state index is 12.8. The van der Waals surface area contributed by atoms with E-state index in [0.717, 1.165) is 24.5 Å². The zero-order valence-electron chi connectivity index (χ0n) is 12.6. The Hall–Kier alpha value is -2.76. The van der Waals surface area contributed by atoms with Gasteiger partial charge in [0.1, 0.15) is 11.6 Å². The van der Waals surface area contributed by atoms with Crippen LogP contribution in [0.15, 0.2) is 48.9 Å². The quantitative estimate of drug-likeness (QED) is 0.813. The summed E-state index contributed by atoms with van der Waals surface area (Å²) >= 11 is 0. The summed E-state index contributed by atoms with van der Waals surface area (Å²) in [6, 6.07) is 6.05. The first-order valence-corrected chi connectivity index (χ1v) is 7.46. The Kier molecular flexibility index (Phi) is 4.61. The molecule has 2 heterocycles. The summed E-state index contributed by atoms with van der Waals surface area (Å²) < 4.78 is 12.8. The van der Waals surface area contributed by atoms with E-state index in [1.165, 1.54) is 18.2 Å². The van der Waals surface area contributed by atoms with Gasteiger partial charge < -0.3 is 9.80 Å². The third-order valence-corrected chi connectivity index (χ3v) is 3.75. The Balaban J connectivity index is 1.55. The molecule has 3 rings (SSSR count). The fraction of sp³-hybridized carbons (Fsp3) is 0.235. The van der Waals surface area contributed by atoms with Crippen LogP contribution >= 0.6 is 0 Å². The van der Waals surface area contributed by atoms with Crippen molar-refractivity contribution in [2.75, 3.05) is 31.1 Å². The van der Waals surface area contributed by atoms with Crippen molar-refractivity contribution in [1.82, 2.24) is 14.9 Å². The molecule has 1 aromatic heterocycles. The van der Waals surface area contributed by atoms with E-state index in [1.54, 1.807) is 41.7 Å². The van der Waals surface area contributed by atoms with E-state index in [2.05, 4.69) is 14.9 Å². The van der Waals surface area contributed by atoms with Crippen molar-refractivity contribution >= 4 is 17.8 Å². The van der Waals surface area contributed by atoms with E-state index in [4.69, 9.17) is 0 Å².